The van der Waals surface area contributed by atoms with Crippen LogP contribution in [-0.4, -0.2) is 49.6 Å². The minimum Gasteiger partial charge on any atom is -0.465 e. The molecule has 0 bridgehead atoms. The Bertz CT molecular complexity index is 709. The molecule has 0 amide bonds. The van der Waals surface area contributed by atoms with Crippen LogP contribution in [0.4, 0.5) is 0 Å². The second kappa shape index (κ2) is 8.23. The Morgan fingerprint density at radius 1 is 1.24 bits per heavy atom. The van der Waals surface area contributed by atoms with Gasteiger partial charge in [-0.05, 0) is 50.7 Å². The molecule has 1 saturated heterocycles. The zero-order chi connectivity index (χ0) is 17.6. The summed E-state index contributed by atoms with van der Waals surface area (Å²) in [5, 5.41) is 3.42. The highest BCUT2D eigenvalue weighted by molar-refractivity contribution is 5.90. The third-order valence-corrected chi connectivity index (χ3v) is 4.78. The van der Waals surface area contributed by atoms with E-state index in [1.807, 2.05) is 7.05 Å². The van der Waals surface area contributed by atoms with Gasteiger partial charge in [0.05, 0.1) is 18.4 Å². The molecule has 0 spiro atoms. The van der Waals surface area contributed by atoms with E-state index in [9.17, 15) is 4.79 Å². The van der Waals surface area contributed by atoms with Gasteiger partial charge in [-0.2, -0.15) is 0 Å². The lowest BCUT2D eigenvalue weighted by Gasteiger charge is -2.23. The summed E-state index contributed by atoms with van der Waals surface area (Å²) >= 11 is 0. The molecule has 5 nitrogen and oxygen atoms in total. The summed E-state index contributed by atoms with van der Waals surface area (Å²) in [7, 11) is 3.39. The number of hydrogen-bond acceptors (Lipinski definition) is 5. The molecule has 25 heavy (non-hydrogen) atoms. The van der Waals surface area contributed by atoms with Gasteiger partial charge in [0, 0.05) is 24.3 Å². The fourth-order valence-corrected chi connectivity index (χ4v) is 3.31. The molecule has 2 heterocycles. The van der Waals surface area contributed by atoms with Crippen LogP contribution >= 0.6 is 0 Å². The van der Waals surface area contributed by atoms with Gasteiger partial charge in [-0.1, -0.05) is 24.3 Å². The first-order chi connectivity index (χ1) is 12.2. The molecule has 1 unspecified atom stereocenters. The second-order valence-corrected chi connectivity index (χ2v) is 6.39. The highest BCUT2D eigenvalue weighted by atomic mass is 16.5. The van der Waals surface area contributed by atoms with E-state index in [0.717, 1.165) is 17.8 Å². The van der Waals surface area contributed by atoms with E-state index in [-0.39, 0.29) is 5.97 Å². The number of hydrogen-bond donors (Lipinski definition) is 1. The van der Waals surface area contributed by atoms with Crippen LogP contribution in [0, 0.1) is 0 Å². The standard InChI is InChI=1S/C20H25N3O2/c1-21-19(14-23-11-3-4-12-23)16-7-5-15(6-8-16)18-13-17(9-10-22-18)20(24)25-2/h5-10,13,19,21H,3-4,11-12,14H2,1-2H3. The maximum absolute atomic E-state index is 11.7. The average molecular weight is 339 g/mol. The van der Waals surface area contributed by atoms with Crippen LogP contribution in [0.25, 0.3) is 11.3 Å². The van der Waals surface area contributed by atoms with Gasteiger partial charge < -0.3 is 15.0 Å². The number of nitrogens with zero attached hydrogens (tertiary/aromatic N) is 2. The third kappa shape index (κ3) is 4.24. The van der Waals surface area contributed by atoms with E-state index in [1.165, 1.54) is 38.6 Å². The summed E-state index contributed by atoms with van der Waals surface area (Å²) in [6.07, 6.45) is 4.24. The maximum atomic E-state index is 11.7. The molecule has 5 heteroatoms. The number of carbonyl (C=O) groups excluding carboxylic acids is 1. The number of pyridine rings is 1. The molecule has 0 radical (unpaired) electrons. The van der Waals surface area contributed by atoms with Crippen molar-refractivity contribution in [3.8, 4) is 11.3 Å². The predicted molar refractivity (Wildman–Crippen MR) is 98.5 cm³/mol. The Hall–Kier alpha value is -2.24. The highest BCUT2D eigenvalue weighted by Crippen LogP contribution is 2.23. The summed E-state index contributed by atoms with van der Waals surface area (Å²) in [4.78, 5) is 18.6. The van der Waals surface area contributed by atoms with Crippen molar-refractivity contribution in [1.82, 2.24) is 15.2 Å². The molecule has 132 valence electrons. The van der Waals surface area contributed by atoms with Gasteiger partial charge in [-0.25, -0.2) is 4.79 Å². The SMILES string of the molecule is CNC(CN1CCCC1)c1ccc(-c2cc(C(=O)OC)ccn2)cc1. The summed E-state index contributed by atoms with van der Waals surface area (Å²) in [6.45, 7) is 3.42. The van der Waals surface area contributed by atoms with Crippen molar-refractivity contribution in [3.63, 3.8) is 0 Å². The number of ether oxygens (including phenoxy) is 1. The number of carbonyl (C=O) groups is 1. The molecule has 2 aromatic rings. The molecule has 1 atom stereocenters. The van der Waals surface area contributed by atoms with E-state index >= 15 is 0 Å². The quantitative estimate of drug-likeness (QED) is 0.820. The number of aromatic nitrogens is 1. The molecule has 1 aliphatic heterocycles. The summed E-state index contributed by atoms with van der Waals surface area (Å²) in [6, 6.07) is 12.1. The minimum atomic E-state index is -0.346. The van der Waals surface area contributed by atoms with Crippen molar-refractivity contribution in [1.29, 1.82) is 0 Å². The number of nitrogens with one attached hydrogen (secondary N) is 1. The largest absolute Gasteiger partial charge is 0.465 e. The lowest BCUT2D eigenvalue weighted by atomic mass is 10.0. The zero-order valence-corrected chi connectivity index (χ0v) is 14.9. The number of rotatable bonds is 6. The van der Waals surface area contributed by atoms with Crippen LogP contribution in [0.5, 0.6) is 0 Å². The lowest BCUT2D eigenvalue weighted by molar-refractivity contribution is 0.0600. The normalized spacial score (nSPS) is 15.9. The van der Waals surface area contributed by atoms with Crippen LogP contribution in [-0.2, 0) is 4.74 Å². The monoisotopic (exact) mass is 339 g/mol. The predicted octanol–water partition coefficient (Wildman–Crippen LogP) is 2.89. The van der Waals surface area contributed by atoms with Gasteiger partial charge in [-0.15, -0.1) is 0 Å². The highest BCUT2D eigenvalue weighted by Gasteiger charge is 2.17. The molecular weight excluding hydrogens is 314 g/mol. The van der Waals surface area contributed by atoms with Gasteiger partial charge >= 0.3 is 5.97 Å². The van der Waals surface area contributed by atoms with Crippen molar-refractivity contribution in [2.24, 2.45) is 0 Å². The summed E-state index contributed by atoms with van der Waals surface area (Å²) in [5.74, 6) is -0.346. The van der Waals surface area contributed by atoms with Crippen LogP contribution < -0.4 is 5.32 Å². The van der Waals surface area contributed by atoms with Gasteiger partial charge in [0.1, 0.15) is 0 Å². The van der Waals surface area contributed by atoms with Crippen molar-refractivity contribution in [3.05, 3.63) is 53.7 Å². The smallest absolute Gasteiger partial charge is 0.337 e. The van der Waals surface area contributed by atoms with Crippen molar-refractivity contribution >= 4 is 5.97 Å². The van der Waals surface area contributed by atoms with Gasteiger partial charge in [-0.3, -0.25) is 4.98 Å². The zero-order valence-electron chi connectivity index (χ0n) is 14.9. The van der Waals surface area contributed by atoms with E-state index in [4.69, 9.17) is 4.74 Å². The summed E-state index contributed by atoms with van der Waals surface area (Å²) < 4.78 is 4.78. The Balaban J connectivity index is 1.76. The number of methoxy groups -OCH3 is 1. The van der Waals surface area contributed by atoms with Crippen molar-refractivity contribution in [2.75, 3.05) is 33.8 Å². The first kappa shape index (κ1) is 17.6. The maximum Gasteiger partial charge on any atom is 0.337 e. The Morgan fingerprint density at radius 2 is 1.96 bits per heavy atom. The Kier molecular flexibility index (Phi) is 5.79. The van der Waals surface area contributed by atoms with E-state index in [0.29, 0.717) is 11.6 Å². The molecule has 0 aliphatic carbocycles. The number of benzene rings is 1. The number of likely N-dealkylation sites (tertiary alicyclic amines) is 1. The van der Waals surface area contributed by atoms with Crippen molar-refractivity contribution in [2.45, 2.75) is 18.9 Å². The van der Waals surface area contributed by atoms with Crippen LogP contribution in [0.1, 0.15) is 34.8 Å². The Morgan fingerprint density at radius 3 is 2.60 bits per heavy atom. The molecular formula is C20H25N3O2. The third-order valence-electron chi connectivity index (χ3n) is 4.78. The first-order valence-corrected chi connectivity index (χ1v) is 8.75. The van der Waals surface area contributed by atoms with Gasteiger partial charge in [0.25, 0.3) is 0 Å². The second-order valence-electron chi connectivity index (χ2n) is 6.39. The van der Waals surface area contributed by atoms with Crippen LogP contribution in [0.15, 0.2) is 42.6 Å². The fourth-order valence-electron chi connectivity index (χ4n) is 3.31. The van der Waals surface area contributed by atoms with E-state index in [2.05, 4.69) is 39.5 Å². The van der Waals surface area contributed by atoms with E-state index in [1.54, 1.807) is 18.3 Å². The molecule has 3 rings (SSSR count). The van der Waals surface area contributed by atoms with E-state index < -0.39 is 0 Å². The summed E-state index contributed by atoms with van der Waals surface area (Å²) in [5.41, 5.74) is 3.54. The van der Waals surface area contributed by atoms with Gasteiger partial charge in [0.2, 0.25) is 0 Å². The lowest BCUT2D eigenvalue weighted by Crippen LogP contribution is -2.31. The van der Waals surface area contributed by atoms with Crippen molar-refractivity contribution < 1.29 is 9.53 Å². The molecule has 0 saturated carbocycles. The Labute approximate surface area is 149 Å². The number of esters is 1. The molecule has 1 aromatic heterocycles. The molecule has 1 aliphatic rings. The molecule has 1 fully saturated rings. The first-order valence-electron chi connectivity index (χ1n) is 8.75. The minimum absolute atomic E-state index is 0.321. The van der Waals surface area contributed by atoms with Crippen LogP contribution in [0.3, 0.4) is 0 Å². The van der Waals surface area contributed by atoms with Crippen LogP contribution in [0.2, 0.25) is 0 Å². The molecule has 1 N–H and O–H groups in total. The molecule has 1 aromatic carbocycles. The van der Waals surface area contributed by atoms with Gasteiger partial charge in [0.15, 0.2) is 0 Å². The fraction of sp³-hybridized carbons (Fsp3) is 0.400. The average Bonchev–Trinajstić information content (AvgIpc) is 3.19. The topological polar surface area (TPSA) is 54.5 Å². The number of likely N-dealkylation sites (N-methyl/N-ethyl adjacent to an activating group) is 1.